The summed E-state index contributed by atoms with van der Waals surface area (Å²) in [5.41, 5.74) is 0.289. The third-order valence-corrected chi connectivity index (χ3v) is 4.05. The van der Waals surface area contributed by atoms with Crippen LogP contribution in [0.1, 0.15) is 29.6 Å². The molecule has 0 radical (unpaired) electrons. The van der Waals surface area contributed by atoms with Gasteiger partial charge in [-0.15, -0.1) is 0 Å². The molecule has 0 saturated heterocycles. The Hall–Kier alpha value is -1.08. The number of benzene rings is 1. The zero-order valence-electron chi connectivity index (χ0n) is 9.87. The molecule has 5 nitrogen and oxygen atoms in total. The molecule has 0 unspecified atom stereocenters. The van der Waals surface area contributed by atoms with Crippen LogP contribution in [0.15, 0.2) is 21.1 Å². The molecule has 1 aromatic rings. The fourth-order valence-corrected chi connectivity index (χ4v) is 3.08. The smallest absolute Gasteiger partial charge is 0.337 e. The molecule has 1 fully saturated rings. The van der Waals surface area contributed by atoms with Crippen LogP contribution in [0.25, 0.3) is 0 Å². The van der Waals surface area contributed by atoms with Gasteiger partial charge in [-0.1, -0.05) is 15.9 Å². The molecule has 0 bridgehead atoms. The van der Waals surface area contributed by atoms with Crippen molar-refractivity contribution in [1.29, 1.82) is 0 Å². The van der Waals surface area contributed by atoms with Gasteiger partial charge in [0.15, 0.2) is 0 Å². The third kappa shape index (κ3) is 3.48. The molecular weight excluding hydrogens is 380 g/mol. The zero-order chi connectivity index (χ0) is 14.0. The highest BCUT2D eigenvalue weighted by molar-refractivity contribution is 9.11. The molecular formula is C12H12Br2N2O3. The molecule has 1 aromatic carbocycles. The summed E-state index contributed by atoms with van der Waals surface area (Å²) in [6.45, 7) is 0. The average Bonchev–Trinajstić information content (AvgIpc) is 2.26. The van der Waals surface area contributed by atoms with E-state index in [1.807, 2.05) is 0 Å². The van der Waals surface area contributed by atoms with Crippen molar-refractivity contribution in [3.05, 3.63) is 26.6 Å². The van der Waals surface area contributed by atoms with Crippen molar-refractivity contribution in [2.75, 3.05) is 5.32 Å². The van der Waals surface area contributed by atoms with Gasteiger partial charge in [-0.2, -0.15) is 0 Å². The lowest BCUT2D eigenvalue weighted by atomic mass is 9.93. The number of carbonyl (C=O) groups excluding carboxylic acids is 1. The van der Waals surface area contributed by atoms with Crippen LogP contribution in [0.4, 0.5) is 10.5 Å². The topological polar surface area (TPSA) is 78.4 Å². The Morgan fingerprint density at radius 1 is 1.26 bits per heavy atom. The Morgan fingerprint density at radius 2 is 1.95 bits per heavy atom. The predicted molar refractivity (Wildman–Crippen MR) is 78.6 cm³/mol. The molecule has 0 aliphatic heterocycles. The standard InChI is InChI=1S/C12H12Br2N2O3/c13-6-4-8(11(17)18)10(9(14)5-6)16-12(19)15-7-2-1-3-7/h4-5,7H,1-3H2,(H,17,18)(H2,15,16,19). The lowest BCUT2D eigenvalue weighted by Gasteiger charge is -2.26. The SMILES string of the molecule is O=C(Nc1c(Br)cc(Br)cc1C(=O)O)NC1CCC1. The summed E-state index contributed by atoms with van der Waals surface area (Å²) in [4.78, 5) is 23.0. The van der Waals surface area contributed by atoms with Crippen molar-refractivity contribution in [3.63, 3.8) is 0 Å². The maximum atomic E-state index is 11.8. The second-order valence-electron chi connectivity index (χ2n) is 4.34. The van der Waals surface area contributed by atoms with Gasteiger partial charge in [0.1, 0.15) is 0 Å². The molecule has 0 heterocycles. The van der Waals surface area contributed by atoms with E-state index in [0.717, 1.165) is 19.3 Å². The Kier molecular flexibility index (Phi) is 4.46. The molecule has 1 saturated carbocycles. The predicted octanol–water partition coefficient (Wildman–Crippen LogP) is 3.58. The van der Waals surface area contributed by atoms with Gasteiger partial charge in [0.05, 0.1) is 11.3 Å². The van der Waals surface area contributed by atoms with Gasteiger partial charge in [0.2, 0.25) is 0 Å². The average molecular weight is 392 g/mol. The van der Waals surface area contributed by atoms with Crippen LogP contribution in [0.5, 0.6) is 0 Å². The Bertz CT molecular complexity index is 530. The summed E-state index contributed by atoms with van der Waals surface area (Å²) in [6.07, 6.45) is 3.06. The zero-order valence-corrected chi connectivity index (χ0v) is 13.0. The fraction of sp³-hybridized carbons (Fsp3) is 0.333. The minimum atomic E-state index is -1.10. The van der Waals surface area contributed by atoms with Crippen molar-refractivity contribution >= 4 is 49.5 Å². The number of nitrogens with one attached hydrogen (secondary N) is 2. The van der Waals surface area contributed by atoms with Gasteiger partial charge < -0.3 is 15.7 Å². The molecule has 0 atom stereocenters. The maximum absolute atomic E-state index is 11.8. The lowest BCUT2D eigenvalue weighted by Crippen LogP contribution is -2.42. The van der Waals surface area contributed by atoms with Crippen molar-refractivity contribution in [1.82, 2.24) is 5.32 Å². The molecule has 2 rings (SSSR count). The van der Waals surface area contributed by atoms with Gasteiger partial charge in [-0.3, -0.25) is 0 Å². The highest BCUT2D eigenvalue weighted by Crippen LogP contribution is 2.31. The van der Waals surface area contributed by atoms with Crippen LogP contribution in [0.2, 0.25) is 0 Å². The van der Waals surface area contributed by atoms with Crippen LogP contribution in [-0.2, 0) is 0 Å². The first kappa shape index (κ1) is 14.3. The first-order valence-electron chi connectivity index (χ1n) is 5.77. The molecule has 0 spiro atoms. The molecule has 1 aliphatic rings. The Balaban J connectivity index is 2.18. The van der Waals surface area contributed by atoms with Gasteiger partial charge in [0, 0.05) is 15.0 Å². The molecule has 19 heavy (non-hydrogen) atoms. The Morgan fingerprint density at radius 3 is 2.47 bits per heavy atom. The number of carbonyl (C=O) groups is 2. The van der Waals surface area contributed by atoms with Gasteiger partial charge in [-0.25, -0.2) is 9.59 Å². The summed E-state index contributed by atoms with van der Waals surface area (Å²) in [6, 6.07) is 2.95. The lowest BCUT2D eigenvalue weighted by molar-refractivity contribution is 0.0698. The maximum Gasteiger partial charge on any atom is 0.337 e. The molecule has 7 heteroatoms. The van der Waals surface area contributed by atoms with E-state index in [1.165, 1.54) is 6.07 Å². The molecule has 0 aromatic heterocycles. The molecule has 2 amide bonds. The van der Waals surface area contributed by atoms with Gasteiger partial charge in [0.25, 0.3) is 0 Å². The van der Waals surface area contributed by atoms with Crippen molar-refractivity contribution in [2.24, 2.45) is 0 Å². The number of aromatic carboxylic acids is 1. The number of halogens is 2. The van der Waals surface area contributed by atoms with E-state index >= 15 is 0 Å². The number of rotatable bonds is 3. The number of anilines is 1. The van der Waals surface area contributed by atoms with Crippen LogP contribution in [-0.4, -0.2) is 23.1 Å². The summed E-state index contributed by atoms with van der Waals surface area (Å²) in [5, 5.41) is 14.5. The van der Waals surface area contributed by atoms with Crippen LogP contribution in [0, 0.1) is 0 Å². The first-order valence-corrected chi connectivity index (χ1v) is 7.36. The Labute approximate surface area is 127 Å². The van der Waals surface area contributed by atoms with E-state index in [9.17, 15) is 9.59 Å². The van der Waals surface area contributed by atoms with E-state index in [4.69, 9.17) is 5.11 Å². The number of hydrogen-bond acceptors (Lipinski definition) is 2. The molecule has 102 valence electrons. The normalized spacial score (nSPS) is 14.6. The third-order valence-electron chi connectivity index (χ3n) is 2.96. The number of carboxylic acid groups (broad SMARTS) is 1. The number of carboxylic acids is 1. The summed E-state index contributed by atoms with van der Waals surface area (Å²) in [5.74, 6) is -1.10. The summed E-state index contributed by atoms with van der Waals surface area (Å²) in [7, 11) is 0. The summed E-state index contributed by atoms with van der Waals surface area (Å²) >= 11 is 6.48. The van der Waals surface area contributed by atoms with Crippen LogP contribution < -0.4 is 10.6 Å². The van der Waals surface area contributed by atoms with Crippen molar-refractivity contribution in [2.45, 2.75) is 25.3 Å². The molecule has 3 N–H and O–H groups in total. The van der Waals surface area contributed by atoms with Crippen LogP contribution in [0.3, 0.4) is 0 Å². The molecule has 1 aliphatic carbocycles. The largest absolute Gasteiger partial charge is 0.478 e. The monoisotopic (exact) mass is 390 g/mol. The fourth-order valence-electron chi connectivity index (χ4n) is 1.76. The van der Waals surface area contributed by atoms with E-state index < -0.39 is 5.97 Å². The van der Waals surface area contributed by atoms with Gasteiger partial charge >= 0.3 is 12.0 Å². The summed E-state index contributed by atoms with van der Waals surface area (Å²) < 4.78 is 1.14. The van der Waals surface area contributed by atoms with E-state index in [2.05, 4.69) is 42.5 Å². The highest BCUT2D eigenvalue weighted by atomic mass is 79.9. The number of urea groups is 1. The minimum absolute atomic E-state index is 0.0324. The second-order valence-corrected chi connectivity index (χ2v) is 6.11. The van der Waals surface area contributed by atoms with E-state index in [-0.39, 0.29) is 23.3 Å². The van der Waals surface area contributed by atoms with Crippen LogP contribution >= 0.6 is 31.9 Å². The minimum Gasteiger partial charge on any atom is -0.478 e. The first-order chi connectivity index (χ1) is 8.97. The van der Waals surface area contributed by atoms with E-state index in [1.54, 1.807) is 6.07 Å². The highest BCUT2D eigenvalue weighted by Gasteiger charge is 2.21. The van der Waals surface area contributed by atoms with Crippen molar-refractivity contribution < 1.29 is 14.7 Å². The van der Waals surface area contributed by atoms with E-state index in [0.29, 0.717) is 8.95 Å². The number of hydrogen-bond donors (Lipinski definition) is 3. The van der Waals surface area contributed by atoms with Crippen molar-refractivity contribution in [3.8, 4) is 0 Å². The van der Waals surface area contributed by atoms with Gasteiger partial charge in [-0.05, 0) is 47.3 Å². The number of amides is 2. The quantitative estimate of drug-likeness (QED) is 0.736. The second kappa shape index (κ2) is 5.92.